The largest absolute Gasteiger partial charge is 0.573 e. The molecule has 4 N–H and O–H groups in total. The zero-order chi connectivity index (χ0) is 27.9. The van der Waals surface area contributed by atoms with Crippen LogP contribution in [0.2, 0.25) is 0 Å². The summed E-state index contributed by atoms with van der Waals surface area (Å²) in [6.45, 7) is 4.74. The van der Waals surface area contributed by atoms with Crippen molar-refractivity contribution < 1.29 is 30.5 Å². The van der Waals surface area contributed by atoms with Crippen LogP contribution in [-0.2, 0) is 20.8 Å². The Bertz CT molecular complexity index is 1280. The minimum absolute atomic E-state index is 0.0278. The number of benzene rings is 2. The van der Waals surface area contributed by atoms with Crippen LogP contribution in [-0.4, -0.2) is 39.5 Å². The normalized spacial score (nSPS) is 17.9. The molecule has 1 aliphatic heterocycles. The molecule has 1 aliphatic rings. The Kier molecular flexibility index (Phi) is 10.1. The number of hydrogen-bond donors (Lipinski definition) is 3. The van der Waals surface area contributed by atoms with Crippen molar-refractivity contribution in [1.29, 1.82) is 0 Å². The van der Waals surface area contributed by atoms with E-state index in [1.165, 1.54) is 18.2 Å². The van der Waals surface area contributed by atoms with E-state index in [0.29, 0.717) is 11.3 Å². The standard InChI is InChI=1S/C19H22F3N3O.C6H9NO3S2/c20-19(21,22)26-17-9-8-15(23)11-14(17)12-25-16-7-4-10-24-18(16)13-5-2-1-3-6-13;1-4-5(2)11-6(7-4)12(8,9)10-3/h1-3,5-6,8-9,11,16,18,24-25H,4,7,10,12,23H2;1-3H3/t16-,18-;/m0./s1. The molecule has 208 valence electrons. The minimum atomic E-state index is -4.73. The Labute approximate surface area is 224 Å². The number of piperidine rings is 1. The number of thiazole rings is 1. The number of anilines is 1. The molecule has 1 aromatic heterocycles. The van der Waals surface area contributed by atoms with Crippen LogP contribution in [0, 0.1) is 13.8 Å². The van der Waals surface area contributed by atoms with E-state index in [1.54, 1.807) is 6.92 Å². The van der Waals surface area contributed by atoms with Gasteiger partial charge in [-0.2, -0.15) is 8.42 Å². The second-order valence-electron chi connectivity index (χ2n) is 8.63. The molecular formula is C25H31F3N4O4S2. The van der Waals surface area contributed by atoms with E-state index in [4.69, 9.17) is 5.73 Å². The highest BCUT2D eigenvalue weighted by Crippen LogP contribution is 2.29. The Morgan fingerprint density at radius 1 is 1.18 bits per heavy atom. The molecule has 0 aliphatic carbocycles. The number of aromatic nitrogens is 1. The first-order valence-corrected chi connectivity index (χ1v) is 14.0. The maximum absolute atomic E-state index is 12.6. The summed E-state index contributed by atoms with van der Waals surface area (Å²) in [5.41, 5.74) is 8.42. The van der Waals surface area contributed by atoms with Crippen LogP contribution >= 0.6 is 11.3 Å². The van der Waals surface area contributed by atoms with E-state index in [0.717, 1.165) is 54.0 Å². The van der Waals surface area contributed by atoms with Gasteiger partial charge in [0.2, 0.25) is 4.34 Å². The van der Waals surface area contributed by atoms with Gasteiger partial charge in [0.1, 0.15) is 5.75 Å². The van der Waals surface area contributed by atoms with Crippen molar-refractivity contribution >= 4 is 27.1 Å². The molecule has 1 saturated heterocycles. The van der Waals surface area contributed by atoms with Gasteiger partial charge in [0.15, 0.2) is 0 Å². The maximum atomic E-state index is 12.6. The fraction of sp³-hybridized carbons (Fsp3) is 0.400. The van der Waals surface area contributed by atoms with E-state index in [9.17, 15) is 21.6 Å². The van der Waals surface area contributed by atoms with Crippen LogP contribution in [0.5, 0.6) is 5.75 Å². The molecular weight excluding hydrogens is 541 g/mol. The average molecular weight is 573 g/mol. The molecule has 3 aromatic rings. The quantitative estimate of drug-likeness (QED) is 0.272. The summed E-state index contributed by atoms with van der Waals surface area (Å²) >= 11 is 1.12. The van der Waals surface area contributed by atoms with E-state index in [2.05, 4.69) is 36.7 Å². The monoisotopic (exact) mass is 572 g/mol. The number of nitrogens with zero attached hydrogens (tertiary/aromatic N) is 1. The van der Waals surface area contributed by atoms with Gasteiger partial charge in [0.25, 0.3) is 0 Å². The number of alkyl halides is 3. The summed E-state index contributed by atoms with van der Waals surface area (Å²) in [5.74, 6) is -0.223. The van der Waals surface area contributed by atoms with Crippen LogP contribution in [0.1, 0.15) is 40.6 Å². The summed E-state index contributed by atoms with van der Waals surface area (Å²) in [6, 6.07) is 14.4. The predicted molar refractivity (Wildman–Crippen MR) is 140 cm³/mol. The van der Waals surface area contributed by atoms with Gasteiger partial charge in [-0.1, -0.05) is 30.3 Å². The summed E-state index contributed by atoms with van der Waals surface area (Å²) in [5, 5.41) is 6.86. The van der Waals surface area contributed by atoms with Crippen molar-refractivity contribution in [3.63, 3.8) is 0 Å². The van der Waals surface area contributed by atoms with Gasteiger partial charge in [-0.3, -0.25) is 4.18 Å². The van der Waals surface area contributed by atoms with Crippen LogP contribution in [0.3, 0.4) is 0 Å². The number of nitrogen functional groups attached to an aromatic ring is 1. The molecule has 38 heavy (non-hydrogen) atoms. The number of halogens is 3. The van der Waals surface area contributed by atoms with Gasteiger partial charge >= 0.3 is 16.5 Å². The smallest absolute Gasteiger partial charge is 0.405 e. The van der Waals surface area contributed by atoms with E-state index in [-0.39, 0.29) is 28.7 Å². The minimum Gasteiger partial charge on any atom is -0.405 e. The van der Waals surface area contributed by atoms with Crippen LogP contribution in [0.25, 0.3) is 0 Å². The van der Waals surface area contributed by atoms with Crippen molar-refractivity contribution in [3.8, 4) is 5.75 Å². The van der Waals surface area contributed by atoms with Crippen molar-refractivity contribution in [2.24, 2.45) is 0 Å². The summed E-state index contributed by atoms with van der Waals surface area (Å²) in [4.78, 5) is 4.75. The van der Waals surface area contributed by atoms with Gasteiger partial charge in [-0.05, 0) is 57.0 Å². The molecule has 1 fully saturated rings. The molecule has 4 rings (SSSR count). The Morgan fingerprint density at radius 3 is 2.50 bits per heavy atom. The predicted octanol–water partition coefficient (Wildman–Crippen LogP) is 4.85. The van der Waals surface area contributed by atoms with E-state index in [1.807, 2.05) is 25.1 Å². The molecule has 0 unspecified atom stereocenters. The zero-order valence-corrected chi connectivity index (χ0v) is 22.8. The average Bonchev–Trinajstić information content (AvgIpc) is 3.23. The molecule has 0 saturated carbocycles. The molecule has 0 amide bonds. The second kappa shape index (κ2) is 12.9. The fourth-order valence-corrected chi connectivity index (χ4v) is 5.96. The van der Waals surface area contributed by atoms with Crippen molar-refractivity contribution in [2.75, 3.05) is 19.4 Å². The van der Waals surface area contributed by atoms with E-state index >= 15 is 0 Å². The molecule has 0 spiro atoms. The topological polar surface area (TPSA) is 116 Å². The highest BCUT2D eigenvalue weighted by atomic mass is 32.3. The Hall–Kier alpha value is -2.71. The number of aryl methyl sites for hydroxylation is 2. The van der Waals surface area contributed by atoms with Crippen molar-refractivity contribution in [3.05, 3.63) is 70.2 Å². The van der Waals surface area contributed by atoms with Gasteiger partial charge < -0.3 is 21.1 Å². The second-order valence-corrected chi connectivity index (χ2v) is 11.7. The number of ether oxygens (including phenoxy) is 1. The van der Waals surface area contributed by atoms with E-state index < -0.39 is 16.5 Å². The molecule has 8 nitrogen and oxygen atoms in total. The number of nitrogens with two attached hydrogens (primary N) is 1. The van der Waals surface area contributed by atoms with Gasteiger partial charge in [0.05, 0.1) is 12.8 Å². The summed E-state index contributed by atoms with van der Waals surface area (Å²) in [7, 11) is -2.47. The highest BCUT2D eigenvalue weighted by Gasteiger charge is 2.32. The van der Waals surface area contributed by atoms with Crippen LogP contribution in [0.4, 0.5) is 18.9 Å². The van der Waals surface area contributed by atoms with Gasteiger partial charge in [-0.25, -0.2) is 4.98 Å². The molecule has 2 aromatic carbocycles. The third kappa shape index (κ3) is 8.40. The number of rotatable bonds is 7. The summed E-state index contributed by atoms with van der Waals surface area (Å²) in [6.07, 6.45) is -2.79. The Balaban J connectivity index is 0.000000279. The zero-order valence-electron chi connectivity index (χ0n) is 21.2. The van der Waals surface area contributed by atoms with Gasteiger partial charge in [0, 0.05) is 34.8 Å². The molecule has 2 atom stereocenters. The molecule has 0 bridgehead atoms. The first-order chi connectivity index (χ1) is 17.9. The number of hydrogen-bond acceptors (Lipinski definition) is 9. The first-order valence-electron chi connectivity index (χ1n) is 11.8. The number of nitrogens with one attached hydrogen (secondary N) is 2. The lowest BCUT2D eigenvalue weighted by molar-refractivity contribution is -0.274. The van der Waals surface area contributed by atoms with Crippen molar-refractivity contribution in [2.45, 2.75) is 56.0 Å². The highest BCUT2D eigenvalue weighted by molar-refractivity contribution is 7.88. The molecule has 0 radical (unpaired) electrons. The maximum Gasteiger partial charge on any atom is 0.573 e. The van der Waals surface area contributed by atoms with Gasteiger partial charge in [-0.15, -0.1) is 24.5 Å². The van der Waals surface area contributed by atoms with Crippen LogP contribution < -0.4 is 21.1 Å². The van der Waals surface area contributed by atoms with Crippen molar-refractivity contribution in [1.82, 2.24) is 15.6 Å². The third-order valence-corrected chi connectivity index (χ3v) is 8.61. The van der Waals surface area contributed by atoms with Crippen LogP contribution in [0.15, 0.2) is 52.9 Å². The molecule has 13 heteroatoms. The fourth-order valence-electron chi connectivity index (χ4n) is 3.94. The Morgan fingerprint density at radius 2 is 1.89 bits per heavy atom. The summed E-state index contributed by atoms with van der Waals surface area (Å²) < 4.78 is 68.5. The molecule has 2 heterocycles. The lowest BCUT2D eigenvalue weighted by atomic mass is 9.92. The lowest BCUT2D eigenvalue weighted by Crippen LogP contribution is -2.45. The lowest BCUT2D eigenvalue weighted by Gasteiger charge is -2.34. The first kappa shape index (κ1) is 29.8. The third-order valence-electron chi connectivity index (χ3n) is 5.92. The SMILES string of the molecule is COS(=O)(=O)c1nc(C)c(C)s1.Nc1ccc(OC(F)(F)F)c(CN[C@H]2CCCN[C@H]2c2ccccc2)c1.